The molecule has 0 saturated heterocycles. The summed E-state index contributed by atoms with van der Waals surface area (Å²) in [5, 5.41) is 4.27. The zero-order chi connectivity index (χ0) is 18.0. The lowest BCUT2D eigenvalue weighted by Crippen LogP contribution is -2.24. The molecule has 0 radical (unpaired) electrons. The Bertz CT molecular complexity index is 980. The highest BCUT2D eigenvalue weighted by Gasteiger charge is 2.16. The van der Waals surface area contributed by atoms with Gasteiger partial charge in [-0.2, -0.15) is 5.10 Å². The van der Waals surface area contributed by atoms with Crippen molar-refractivity contribution in [1.29, 1.82) is 0 Å². The summed E-state index contributed by atoms with van der Waals surface area (Å²) in [4.78, 5) is 24.3. The maximum absolute atomic E-state index is 13.3. The molecule has 3 rings (SSSR count). The lowest BCUT2D eigenvalue weighted by molar-refractivity contribution is 0.0970. The molecular formula is C18H15BrFN3O2. The molecule has 0 bridgehead atoms. The lowest BCUT2D eigenvalue weighted by atomic mass is 10.1. The molecule has 0 saturated carbocycles. The number of nitrogens with zero attached hydrogens (tertiary/aromatic N) is 3. The van der Waals surface area contributed by atoms with E-state index in [2.05, 4.69) is 21.0 Å². The van der Waals surface area contributed by atoms with Crippen LogP contribution in [-0.4, -0.2) is 20.1 Å². The minimum Gasteiger partial charge on any atom is -0.306 e. The van der Waals surface area contributed by atoms with Gasteiger partial charge < -0.3 is 4.57 Å². The van der Waals surface area contributed by atoms with Crippen LogP contribution in [0.4, 0.5) is 4.39 Å². The van der Waals surface area contributed by atoms with Gasteiger partial charge in [0.2, 0.25) is 0 Å². The largest absolute Gasteiger partial charge is 0.306 e. The van der Waals surface area contributed by atoms with Crippen molar-refractivity contribution in [2.24, 2.45) is 0 Å². The van der Waals surface area contributed by atoms with Gasteiger partial charge in [0.25, 0.3) is 5.56 Å². The van der Waals surface area contributed by atoms with Crippen LogP contribution in [0.2, 0.25) is 0 Å². The Morgan fingerprint density at radius 2 is 2.00 bits per heavy atom. The molecule has 1 aromatic carbocycles. The molecule has 128 valence electrons. The molecular weight excluding hydrogens is 389 g/mol. The van der Waals surface area contributed by atoms with Crippen LogP contribution in [0.25, 0.3) is 0 Å². The first kappa shape index (κ1) is 17.3. The van der Waals surface area contributed by atoms with Gasteiger partial charge in [-0.1, -0.05) is 30.3 Å². The van der Waals surface area contributed by atoms with E-state index in [1.165, 1.54) is 17.0 Å². The monoisotopic (exact) mass is 403 g/mol. The number of rotatable bonds is 5. The Kier molecular flexibility index (Phi) is 4.94. The van der Waals surface area contributed by atoms with Crippen LogP contribution in [0.3, 0.4) is 0 Å². The van der Waals surface area contributed by atoms with E-state index >= 15 is 0 Å². The number of Topliss-reactive ketones (excluding diaryl/α,β-unsaturated/α-hetero) is 1. The number of carbonyl (C=O) groups excluding carboxylic acids is 1. The van der Waals surface area contributed by atoms with E-state index < -0.39 is 11.4 Å². The molecule has 0 atom stereocenters. The molecule has 0 unspecified atom stereocenters. The third-order valence-corrected chi connectivity index (χ3v) is 4.51. The first-order valence-corrected chi connectivity index (χ1v) is 8.40. The van der Waals surface area contributed by atoms with E-state index in [1.807, 2.05) is 37.3 Å². The topological polar surface area (TPSA) is 56.9 Å². The number of aromatic nitrogens is 3. The van der Waals surface area contributed by atoms with Gasteiger partial charge in [-0.05, 0) is 28.4 Å². The molecule has 0 aliphatic carbocycles. The predicted molar refractivity (Wildman–Crippen MR) is 95.2 cm³/mol. The van der Waals surface area contributed by atoms with Crippen LogP contribution < -0.4 is 5.56 Å². The predicted octanol–water partition coefficient (Wildman–Crippen LogP) is 3.19. The van der Waals surface area contributed by atoms with E-state index in [-0.39, 0.29) is 16.8 Å². The fourth-order valence-electron chi connectivity index (χ4n) is 2.52. The summed E-state index contributed by atoms with van der Waals surface area (Å²) in [7, 11) is 0. The highest BCUT2D eigenvalue weighted by atomic mass is 79.9. The van der Waals surface area contributed by atoms with Crippen molar-refractivity contribution >= 4 is 21.7 Å². The van der Waals surface area contributed by atoms with E-state index in [1.54, 1.807) is 4.68 Å². The number of ketones is 1. The van der Waals surface area contributed by atoms with E-state index in [0.717, 1.165) is 17.3 Å². The summed E-state index contributed by atoms with van der Waals surface area (Å²) in [6, 6.07) is 10.6. The zero-order valence-electron chi connectivity index (χ0n) is 13.4. The van der Waals surface area contributed by atoms with Crippen LogP contribution in [0.15, 0.2) is 58.1 Å². The van der Waals surface area contributed by atoms with Crippen molar-refractivity contribution < 1.29 is 9.18 Å². The first-order chi connectivity index (χ1) is 12.0. The summed E-state index contributed by atoms with van der Waals surface area (Å²) in [5.74, 6) is -0.905. The molecule has 7 heteroatoms. The normalized spacial score (nSPS) is 10.8. The number of hydrogen-bond donors (Lipinski definition) is 0. The number of hydrogen-bond acceptors (Lipinski definition) is 3. The number of halogens is 2. The number of benzene rings is 1. The van der Waals surface area contributed by atoms with Crippen molar-refractivity contribution in [2.75, 3.05) is 0 Å². The minimum absolute atomic E-state index is 0.136. The maximum atomic E-state index is 13.3. The Hall–Kier alpha value is -2.54. The van der Waals surface area contributed by atoms with Gasteiger partial charge in [-0.3, -0.25) is 14.3 Å². The molecule has 0 spiro atoms. The van der Waals surface area contributed by atoms with Crippen molar-refractivity contribution in [1.82, 2.24) is 14.3 Å². The smallest absolute Gasteiger partial charge is 0.253 e. The molecule has 0 fully saturated rings. The molecule has 5 nitrogen and oxygen atoms in total. The third kappa shape index (κ3) is 3.76. The van der Waals surface area contributed by atoms with E-state index in [0.29, 0.717) is 12.1 Å². The molecule has 2 heterocycles. The summed E-state index contributed by atoms with van der Waals surface area (Å²) in [5.41, 5.74) is 1.68. The van der Waals surface area contributed by atoms with Crippen LogP contribution >= 0.6 is 15.9 Å². The Morgan fingerprint density at radius 1 is 1.28 bits per heavy atom. The van der Waals surface area contributed by atoms with Gasteiger partial charge >= 0.3 is 0 Å². The second-order valence-corrected chi connectivity index (χ2v) is 6.50. The molecule has 0 amide bonds. The lowest BCUT2D eigenvalue weighted by Gasteiger charge is -2.07. The molecule has 2 aromatic heterocycles. The van der Waals surface area contributed by atoms with Crippen LogP contribution in [-0.2, 0) is 13.1 Å². The average Bonchev–Trinajstić information content (AvgIpc) is 2.94. The highest BCUT2D eigenvalue weighted by Crippen LogP contribution is 2.14. The van der Waals surface area contributed by atoms with E-state index in [9.17, 15) is 14.0 Å². The molecule has 25 heavy (non-hydrogen) atoms. The average molecular weight is 404 g/mol. The Morgan fingerprint density at radius 3 is 2.72 bits per heavy atom. The third-order valence-electron chi connectivity index (χ3n) is 3.92. The summed E-state index contributed by atoms with van der Waals surface area (Å²) in [6.45, 7) is 2.20. The summed E-state index contributed by atoms with van der Waals surface area (Å²) >= 11 is 3.02. The van der Waals surface area contributed by atoms with Gasteiger partial charge in [-0.15, -0.1) is 0 Å². The van der Waals surface area contributed by atoms with Gasteiger partial charge in [-0.25, -0.2) is 4.39 Å². The number of pyridine rings is 1. The van der Waals surface area contributed by atoms with Crippen LogP contribution in [0.1, 0.15) is 21.6 Å². The van der Waals surface area contributed by atoms with Gasteiger partial charge in [0.15, 0.2) is 5.78 Å². The fraction of sp³-hybridized carbons (Fsp3) is 0.167. The van der Waals surface area contributed by atoms with Gasteiger partial charge in [0, 0.05) is 18.0 Å². The highest BCUT2D eigenvalue weighted by molar-refractivity contribution is 9.10. The minimum atomic E-state index is -0.652. The standard InChI is InChI=1S/C18H15BrFN3O2/c1-12-14(8-21-23(12)9-13-5-3-2-4-6-13)17(24)11-22-10-15(19)16(20)7-18(22)25/h2-8,10H,9,11H2,1H3. The van der Waals surface area contributed by atoms with Crippen molar-refractivity contribution in [3.05, 3.63) is 86.3 Å². The second kappa shape index (κ2) is 7.14. The van der Waals surface area contributed by atoms with E-state index in [4.69, 9.17) is 0 Å². The Balaban J connectivity index is 1.82. The molecule has 0 aliphatic rings. The first-order valence-electron chi connectivity index (χ1n) is 7.60. The molecule has 3 aromatic rings. The number of carbonyl (C=O) groups is 1. The summed E-state index contributed by atoms with van der Waals surface area (Å²) < 4.78 is 16.4. The van der Waals surface area contributed by atoms with Crippen LogP contribution in [0.5, 0.6) is 0 Å². The van der Waals surface area contributed by atoms with Gasteiger partial charge in [0.05, 0.1) is 29.3 Å². The van der Waals surface area contributed by atoms with Crippen molar-refractivity contribution in [3.63, 3.8) is 0 Å². The second-order valence-electron chi connectivity index (χ2n) is 5.65. The molecule has 0 N–H and O–H groups in total. The van der Waals surface area contributed by atoms with Crippen LogP contribution in [0, 0.1) is 12.7 Å². The van der Waals surface area contributed by atoms with Crippen molar-refractivity contribution in [2.45, 2.75) is 20.0 Å². The Labute approximate surface area is 151 Å². The molecule has 0 aliphatic heterocycles. The van der Waals surface area contributed by atoms with Crippen molar-refractivity contribution in [3.8, 4) is 0 Å². The zero-order valence-corrected chi connectivity index (χ0v) is 15.0. The quantitative estimate of drug-likeness (QED) is 0.614. The summed E-state index contributed by atoms with van der Waals surface area (Å²) in [6.07, 6.45) is 2.78. The SMILES string of the molecule is Cc1c(C(=O)Cn2cc(Br)c(F)cc2=O)cnn1Cc1ccccc1. The van der Waals surface area contributed by atoms with Gasteiger partial charge in [0.1, 0.15) is 5.82 Å². The maximum Gasteiger partial charge on any atom is 0.253 e. The fourth-order valence-corrected chi connectivity index (χ4v) is 2.88.